The summed E-state index contributed by atoms with van der Waals surface area (Å²) < 4.78 is 5.31. The molecule has 0 aliphatic heterocycles. The molecule has 0 spiro atoms. The van der Waals surface area contributed by atoms with Crippen molar-refractivity contribution >= 4 is 64.0 Å². The summed E-state index contributed by atoms with van der Waals surface area (Å²) in [5, 5.41) is 3.45. The van der Waals surface area contributed by atoms with Crippen LogP contribution in [0.15, 0.2) is 60.7 Å². The summed E-state index contributed by atoms with van der Waals surface area (Å²) in [5.74, 6) is -0.287. The first-order valence-corrected chi connectivity index (χ1v) is 9.39. The van der Waals surface area contributed by atoms with Crippen LogP contribution in [0.25, 0.3) is 0 Å². The molecule has 3 aromatic rings. The molecule has 142 valence electrons. The highest BCUT2D eigenvalue weighted by Gasteiger charge is 2.18. The lowest BCUT2D eigenvalue weighted by Crippen LogP contribution is -2.18. The smallest absolute Gasteiger partial charge is 0.409 e. The highest BCUT2D eigenvalue weighted by Crippen LogP contribution is 2.32. The quantitative estimate of drug-likeness (QED) is 0.336. The van der Waals surface area contributed by atoms with Crippen LogP contribution >= 0.6 is 46.4 Å². The van der Waals surface area contributed by atoms with Crippen molar-refractivity contribution in [3.8, 4) is 5.75 Å². The van der Waals surface area contributed by atoms with Crippen molar-refractivity contribution in [3.05, 3.63) is 91.9 Å². The zero-order valence-corrected chi connectivity index (χ0v) is 17.0. The molecule has 3 rings (SSSR count). The Kier molecular flexibility index (Phi) is 6.47. The van der Waals surface area contributed by atoms with Gasteiger partial charge in [0.15, 0.2) is 5.78 Å². The Balaban J connectivity index is 1.85. The maximum Gasteiger partial charge on any atom is 0.417 e. The zero-order valence-electron chi connectivity index (χ0n) is 14.0. The summed E-state index contributed by atoms with van der Waals surface area (Å²) in [6.07, 6.45) is -0.857. The van der Waals surface area contributed by atoms with Crippen molar-refractivity contribution in [1.82, 2.24) is 0 Å². The number of hydrogen-bond acceptors (Lipinski definition) is 3. The van der Waals surface area contributed by atoms with Crippen LogP contribution in [-0.2, 0) is 0 Å². The number of carbonyl (C=O) groups excluding carboxylic acids is 2. The zero-order chi connectivity index (χ0) is 20.3. The molecule has 0 fully saturated rings. The molecule has 3 aromatic carbocycles. The van der Waals surface area contributed by atoms with Crippen LogP contribution in [0.1, 0.15) is 15.9 Å². The van der Waals surface area contributed by atoms with Gasteiger partial charge in [-0.2, -0.15) is 0 Å². The van der Waals surface area contributed by atoms with Gasteiger partial charge in [0.05, 0.1) is 26.3 Å². The molecular weight excluding hydrogens is 444 g/mol. The van der Waals surface area contributed by atoms with E-state index >= 15 is 0 Å². The number of anilines is 1. The summed E-state index contributed by atoms with van der Waals surface area (Å²) in [5.41, 5.74) is 0.794. The van der Waals surface area contributed by atoms with E-state index in [9.17, 15) is 9.59 Å². The van der Waals surface area contributed by atoms with E-state index in [0.29, 0.717) is 10.6 Å². The third kappa shape index (κ3) is 4.78. The van der Waals surface area contributed by atoms with E-state index in [2.05, 4.69) is 5.32 Å². The van der Waals surface area contributed by atoms with E-state index in [4.69, 9.17) is 51.1 Å². The minimum Gasteiger partial charge on any atom is -0.409 e. The van der Waals surface area contributed by atoms with Gasteiger partial charge in [-0.3, -0.25) is 10.1 Å². The molecular formula is C20H11Cl4NO3. The van der Waals surface area contributed by atoms with Gasteiger partial charge in [0.25, 0.3) is 0 Å². The normalized spacial score (nSPS) is 10.4. The Labute approximate surface area is 180 Å². The number of halogens is 4. The Morgan fingerprint density at radius 3 is 2.18 bits per heavy atom. The SMILES string of the molecule is O=C(Nc1cc(Cl)c(Cl)cc1Cl)Oc1ccc(Cl)cc1C(=O)c1ccccc1. The minimum absolute atomic E-state index is 0.0481. The maximum atomic E-state index is 12.8. The summed E-state index contributed by atoms with van der Waals surface area (Å²) >= 11 is 23.9. The Morgan fingerprint density at radius 1 is 0.786 bits per heavy atom. The monoisotopic (exact) mass is 453 g/mol. The van der Waals surface area contributed by atoms with Gasteiger partial charge in [0, 0.05) is 10.6 Å². The molecule has 0 unspecified atom stereocenters. The molecule has 0 saturated heterocycles. The second kappa shape index (κ2) is 8.84. The van der Waals surface area contributed by atoms with Crippen LogP contribution in [0.2, 0.25) is 20.1 Å². The first-order valence-electron chi connectivity index (χ1n) is 7.88. The molecule has 0 aliphatic carbocycles. The van der Waals surface area contributed by atoms with Crippen LogP contribution in [-0.4, -0.2) is 11.9 Å². The molecule has 28 heavy (non-hydrogen) atoms. The van der Waals surface area contributed by atoms with Crippen LogP contribution < -0.4 is 10.1 Å². The highest BCUT2D eigenvalue weighted by molar-refractivity contribution is 6.44. The molecule has 0 bridgehead atoms. The van der Waals surface area contributed by atoms with E-state index < -0.39 is 6.09 Å². The van der Waals surface area contributed by atoms with Crippen LogP contribution in [0.3, 0.4) is 0 Å². The lowest BCUT2D eigenvalue weighted by Gasteiger charge is -2.12. The molecule has 1 N–H and O–H groups in total. The van der Waals surface area contributed by atoms with Gasteiger partial charge >= 0.3 is 6.09 Å². The summed E-state index contributed by atoms with van der Waals surface area (Å²) in [6, 6.07) is 15.7. The van der Waals surface area contributed by atoms with E-state index in [0.717, 1.165) is 0 Å². The maximum absolute atomic E-state index is 12.8. The van der Waals surface area contributed by atoms with Crippen molar-refractivity contribution in [2.75, 3.05) is 5.32 Å². The fourth-order valence-electron chi connectivity index (χ4n) is 2.37. The standard InChI is InChI=1S/C20H11Cl4NO3/c21-12-6-7-18(13(8-12)19(26)11-4-2-1-3-5-11)28-20(27)25-17-10-15(23)14(22)9-16(17)24/h1-10H,(H,25,27). The number of ether oxygens (including phenoxy) is 1. The molecule has 1 amide bonds. The van der Waals surface area contributed by atoms with E-state index in [1.807, 2.05) is 0 Å². The minimum atomic E-state index is -0.857. The largest absolute Gasteiger partial charge is 0.417 e. The first kappa shape index (κ1) is 20.5. The average Bonchev–Trinajstić information content (AvgIpc) is 2.67. The summed E-state index contributed by atoms with van der Waals surface area (Å²) in [7, 11) is 0. The van der Waals surface area contributed by atoms with Crippen LogP contribution in [0, 0.1) is 0 Å². The van der Waals surface area contributed by atoms with Crippen molar-refractivity contribution in [1.29, 1.82) is 0 Å². The number of carbonyl (C=O) groups is 2. The lowest BCUT2D eigenvalue weighted by atomic mass is 10.0. The van der Waals surface area contributed by atoms with Gasteiger partial charge in [0.1, 0.15) is 5.75 Å². The molecule has 0 heterocycles. The fourth-order valence-corrected chi connectivity index (χ4v) is 3.13. The number of ketones is 1. The average molecular weight is 455 g/mol. The van der Waals surface area contributed by atoms with E-state index in [-0.39, 0.29) is 37.9 Å². The van der Waals surface area contributed by atoms with Crippen LogP contribution in [0.4, 0.5) is 10.5 Å². The third-order valence-corrected chi connectivity index (χ3v) is 4.94. The second-order valence-corrected chi connectivity index (χ2v) is 7.25. The number of hydrogen-bond donors (Lipinski definition) is 1. The Hall–Kier alpha value is -2.24. The van der Waals surface area contributed by atoms with Crippen molar-refractivity contribution in [2.45, 2.75) is 0 Å². The molecule has 0 aromatic heterocycles. The summed E-state index contributed by atoms with van der Waals surface area (Å²) in [6.45, 7) is 0. The molecule has 8 heteroatoms. The van der Waals surface area contributed by atoms with Gasteiger partial charge in [-0.25, -0.2) is 4.79 Å². The second-order valence-electron chi connectivity index (χ2n) is 5.60. The van der Waals surface area contributed by atoms with Gasteiger partial charge < -0.3 is 4.74 Å². The van der Waals surface area contributed by atoms with Gasteiger partial charge in [0.2, 0.25) is 0 Å². The molecule has 0 atom stereocenters. The molecule has 0 aliphatic rings. The van der Waals surface area contributed by atoms with Crippen molar-refractivity contribution in [2.24, 2.45) is 0 Å². The Morgan fingerprint density at radius 2 is 1.46 bits per heavy atom. The lowest BCUT2D eigenvalue weighted by molar-refractivity contribution is 0.103. The fraction of sp³-hybridized carbons (Fsp3) is 0. The predicted molar refractivity (Wildman–Crippen MR) is 112 cm³/mol. The summed E-state index contributed by atoms with van der Waals surface area (Å²) in [4.78, 5) is 25.1. The number of rotatable bonds is 4. The molecule has 0 radical (unpaired) electrons. The third-order valence-electron chi connectivity index (χ3n) is 3.67. The number of amides is 1. The van der Waals surface area contributed by atoms with Gasteiger partial charge in [-0.15, -0.1) is 0 Å². The number of nitrogens with one attached hydrogen (secondary N) is 1. The van der Waals surface area contributed by atoms with E-state index in [1.54, 1.807) is 30.3 Å². The highest BCUT2D eigenvalue weighted by atomic mass is 35.5. The van der Waals surface area contributed by atoms with Crippen molar-refractivity contribution in [3.63, 3.8) is 0 Å². The van der Waals surface area contributed by atoms with Gasteiger partial charge in [-0.1, -0.05) is 76.7 Å². The van der Waals surface area contributed by atoms with Crippen molar-refractivity contribution < 1.29 is 14.3 Å². The number of benzene rings is 3. The van der Waals surface area contributed by atoms with Crippen LogP contribution in [0.5, 0.6) is 5.75 Å². The predicted octanol–water partition coefficient (Wildman–Crippen LogP) is 7.14. The molecule has 0 saturated carbocycles. The van der Waals surface area contributed by atoms with E-state index in [1.165, 1.54) is 30.3 Å². The Bertz CT molecular complexity index is 1050. The van der Waals surface area contributed by atoms with Gasteiger partial charge in [-0.05, 0) is 30.3 Å². The molecule has 4 nitrogen and oxygen atoms in total. The first-order chi connectivity index (χ1) is 13.3. The topological polar surface area (TPSA) is 55.4 Å².